The number of aromatic amines is 1. The highest BCUT2D eigenvalue weighted by Gasteiger charge is 2.21. The van der Waals surface area contributed by atoms with Gasteiger partial charge in [0.05, 0.1) is 5.52 Å². The van der Waals surface area contributed by atoms with Crippen LogP contribution in [0.3, 0.4) is 0 Å². The second-order valence-corrected chi connectivity index (χ2v) is 5.12. The van der Waals surface area contributed by atoms with Gasteiger partial charge in [-0.25, -0.2) is 0 Å². The summed E-state index contributed by atoms with van der Waals surface area (Å²) in [6.45, 7) is 0. The number of H-pyrrole nitrogens is 1. The summed E-state index contributed by atoms with van der Waals surface area (Å²) < 4.78 is 0. The van der Waals surface area contributed by atoms with Crippen LogP contribution in [-0.2, 0) is 0 Å². The second-order valence-electron chi connectivity index (χ2n) is 4.03. The van der Waals surface area contributed by atoms with Gasteiger partial charge in [0.15, 0.2) is 0 Å². The van der Waals surface area contributed by atoms with E-state index in [2.05, 4.69) is 16.3 Å². The molecule has 2 heterocycles. The molecule has 0 radical (unpaired) electrons. The largest absolute Gasteiger partial charge is 0.508 e. The lowest BCUT2D eigenvalue weighted by Gasteiger charge is -2.14. The van der Waals surface area contributed by atoms with Gasteiger partial charge in [-0.05, 0) is 30.3 Å². The summed E-state index contributed by atoms with van der Waals surface area (Å²) >= 11 is 1.72. The van der Waals surface area contributed by atoms with E-state index in [1.54, 1.807) is 23.9 Å². The quantitative estimate of drug-likeness (QED) is 0.495. The first-order valence-corrected chi connectivity index (χ1v) is 6.13. The molecular weight excluding hydrogens is 232 g/mol. The van der Waals surface area contributed by atoms with Crippen molar-refractivity contribution in [1.82, 2.24) is 10.2 Å². The first-order valence-electron chi connectivity index (χ1n) is 5.31. The molecule has 0 bridgehead atoms. The summed E-state index contributed by atoms with van der Waals surface area (Å²) in [6.07, 6.45) is 0. The lowest BCUT2D eigenvalue weighted by atomic mass is 10.1. The van der Waals surface area contributed by atoms with E-state index in [0.29, 0.717) is 0 Å². The number of phenols is 1. The van der Waals surface area contributed by atoms with Crippen LogP contribution >= 0.6 is 11.8 Å². The van der Waals surface area contributed by atoms with Crippen LogP contribution in [0.15, 0.2) is 46.2 Å². The monoisotopic (exact) mass is 240 g/mol. The summed E-state index contributed by atoms with van der Waals surface area (Å²) in [4.78, 5) is 2.35. The Morgan fingerprint density at radius 1 is 1.12 bits per heavy atom. The van der Waals surface area contributed by atoms with Crippen molar-refractivity contribution in [3.63, 3.8) is 0 Å². The highest BCUT2D eigenvalue weighted by atomic mass is 32.2. The average molecular weight is 240 g/mol. The lowest BCUT2D eigenvalue weighted by Crippen LogP contribution is -1.90. The Kier molecular flexibility index (Phi) is 1.64. The van der Waals surface area contributed by atoms with E-state index in [-0.39, 0.29) is 5.75 Å². The van der Waals surface area contributed by atoms with Crippen molar-refractivity contribution in [1.29, 1.82) is 0 Å². The van der Waals surface area contributed by atoms with Gasteiger partial charge in [0.2, 0.25) is 0 Å². The molecule has 4 heteroatoms. The molecule has 0 saturated carbocycles. The van der Waals surface area contributed by atoms with Gasteiger partial charge >= 0.3 is 0 Å². The summed E-state index contributed by atoms with van der Waals surface area (Å²) in [6, 6.07) is 11.6. The third-order valence-corrected chi connectivity index (χ3v) is 4.13. The normalized spacial score (nSPS) is 12.7. The Balaban J connectivity index is 2.17. The van der Waals surface area contributed by atoms with Crippen LogP contribution in [0, 0.1) is 0 Å². The zero-order chi connectivity index (χ0) is 11.4. The van der Waals surface area contributed by atoms with Gasteiger partial charge in [0.25, 0.3) is 0 Å². The zero-order valence-corrected chi connectivity index (χ0v) is 9.58. The van der Waals surface area contributed by atoms with E-state index in [9.17, 15) is 5.11 Å². The SMILES string of the molecule is Oc1ccc2c(c1)-c1n[nH]c3cccc(c13)S2. The maximum Gasteiger partial charge on any atom is 0.116 e. The summed E-state index contributed by atoms with van der Waals surface area (Å²) in [5.41, 5.74) is 2.97. The van der Waals surface area contributed by atoms with Gasteiger partial charge in [-0.1, -0.05) is 17.8 Å². The Labute approximate surface area is 101 Å². The molecule has 0 saturated heterocycles. The number of aromatic hydroxyl groups is 1. The second kappa shape index (κ2) is 3.05. The Hall–Kier alpha value is -1.94. The van der Waals surface area contributed by atoms with Crippen LogP contribution in [0.5, 0.6) is 5.75 Å². The van der Waals surface area contributed by atoms with Gasteiger partial charge in [-0.3, -0.25) is 5.10 Å². The van der Waals surface area contributed by atoms with Gasteiger partial charge in [-0.15, -0.1) is 0 Å². The molecule has 2 aromatic carbocycles. The van der Waals surface area contributed by atoms with Crippen LogP contribution in [0.4, 0.5) is 0 Å². The number of phenolic OH excluding ortho intramolecular Hbond substituents is 1. The summed E-state index contributed by atoms with van der Waals surface area (Å²) in [7, 11) is 0. The number of benzene rings is 2. The highest BCUT2D eigenvalue weighted by Crippen LogP contribution is 2.47. The van der Waals surface area contributed by atoms with Gasteiger partial charge < -0.3 is 5.11 Å². The molecule has 17 heavy (non-hydrogen) atoms. The Morgan fingerprint density at radius 2 is 2.06 bits per heavy atom. The predicted octanol–water partition coefficient (Wildman–Crippen LogP) is 3.40. The number of nitrogens with zero attached hydrogens (tertiary/aromatic N) is 1. The molecule has 0 spiro atoms. The number of aromatic nitrogens is 2. The molecule has 0 fully saturated rings. The molecule has 3 aromatic rings. The Morgan fingerprint density at radius 3 is 3.00 bits per heavy atom. The fourth-order valence-corrected chi connectivity index (χ4v) is 3.32. The molecule has 0 amide bonds. The maximum atomic E-state index is 9.58. The smallest absolute Gasteiger partial charge is 0.116 e. The van der Waals surface area contributed by atoms with E-state index in [4.69, 9.17) is 0 Å². The number of hydrogen-bond acceptors (Lipinski definition) is 3. The number of rotatable bonds is 0. The maximum absolute atomic E-state index is 9.58. The van der Waals surface area contributed by atoms with E-state index < -0.39 is 0 Å². The minimum absolute atomic E-state index is 0.278. The van der Waals surface area contributed by atoms with Gasteiger partial charge in [0, 0.05) is 20.7 Å². The lowest BCUT2D eigenvalue weighted by molar-refractivity contribution is 0.475. The molecule has 4 rings (SSSR count). The van der Waals surface area contributed by atoms with Crippen molar-refractivity contribution < 1.29 is 5.11 Å². The molecule has 0 atom stereocenters. The number of hydrogen-bond donors (Lipinski definition) is 2. The van der Waals surface area contributed by atoms with Crippen molar-refractivity contribution in [2.75, 3.05) is 0 Å². The van der Waals surface area contributed by atoms with E-state index in [0.717, 1.165) is 27.1 Å². The fourth-order valence-electron chi connectivity index (χ4n) is 2.23. The summed E-state index contributed by atoms with van der Waals surface area (Å²) in [5, 5.41) is 18.1. The minimum Gasteiger partial charge on any atom is -0.508 e. The van der Waals surface area contributed by atoms with Crippen LogP contribution in [-0.4, -0.2) is 15.3 Å². The predicted molar refractivity (Wildman–Crippen MR) is 67.3 cm³/mol. The number of nitrogens with one attached hydrogen (secondary N) is 1. The van der Waals surface area contributed by atoms with Gasteiger partial charge in [-0.2, -0.15) is 5.10 Å². The topological polar surface area (TPSA) is 48.9 Å². The Bertz CT molecular complexity index is 748. The molecule has 0 aliphatic carbocycles. The minimum atomic E-state index is 0.278. The van der Waals surface area contributed by atoms with Crippen LogP contribution in [0.1, 0.15) is 0 Å². The van der Waals surface area contributed by atoms with Crippen molar-refractivity contribution in [3.8, 4) is 17.0 Å². The van der Waals surface area contributed by atoms with Crippen molar-refractivity contribution in [2.24, 2.45) is 0 Å². The molecule has 82 valence electrons. The van der Waals surface area contributed by atoms with Crippen LogP contribution < -0.4 is 0 Å². The fraction of sp³-hybridized carbons (Fsp3) is 0. The first kappa shape index (κ1) is 9.13. The highest BCUT2D eigenvalue weighted by molar-refractivity contribution is 7.99. The first-order chi connectivity index (χ1) is 8.33. The zero-order valence-electron chi connectivity index (χ0n) is 8.77. The van der Waals surface area contributed by atoms with Crippen LogP contribution in [0.2, 0.25) is 0 Å². The van der Waals surface area contributed by atoms with Crippen molar-refractivity contribution >= 4 is 22.7 Å². The third kappa shape index (κ3) is 1.16. The van der Waals surface area contributed by atoms with E-state index in [1.807, 2.05) is 18.2 Å². The standard InChI is InChI=1S/C13H8N2OS/c16-7-4-5-10-8(6-7)13-12-9(14-15-13)2-1-3-11(12)17-10/h1-6,16H,(H,14,15). The number of fused-ring (bicyclic) bond motifs is 2. The van der Waals surface area contributed by atoms with E-state index in [1.165, 1.54) is 4.90 Å². The third-order valence-electron chi connectivity index (χ3n) is 2.99. The molecule has 1 aliphatic rings. The molecule has 2 N–H and O–H groups in total. The molecule has 1 aliphatic heterocycles. The molecule has 3 nitrogen and oxygen atoms in total. The molecular formula is C13H8N2OS. The van der Waals surface area contributed by atoms with Gasteiger partial charge in [0.1, 0.15) is 11.4 Å². The van der Waals surface area contributed by atoms with Crippen LogP contribution in [0.25, 0.3) is 22.2 Å². The van der Waals surface area contributed by atoms with E-state index >= 15 is 0 Å². The van der Waals surface area contributed by atoms with Crippen molar-refractivity contribution in [2.45, 2.75) is 9.79 Å². The summed E-state index contributed by atoms with van der Waals surface area (Å²) in [5.74, 6) is 0.278. The average Bonchev–Trinajstić information content (AvgIpc) is 2.77. The van der Waals surface area contributed by atoms with Crippen molar-refractivity contribution in [3.05, 3.63) is 36.4 Å². The molecule has 1 aromatic heterocycles. The molecule has 0 unspecified atom stereocenters.